The largest absolute Gasteiger partial charge is 0.489 e. The van der Waals surface area contributed by atoms with Gasteiger partial charge in [0.05, 0.1) is 0 Å². The maximum Gasteiger partial charge on any atom is 0.339 e. The van der Waals surface area contributed by atoms with E-state index in [1.807, 2.05) is 19.1 Å². The van der Waals surface area contributed by atoms with E-state index in [9.17, 15) is 4.79 Å². The molecule has 0 spiro atoms. The first kappa shape index (κ1) is 15.4. The molecule has 1 aromatic carbocycles. The summed E-state index contributed by atoms with van der Waals surface area (Å²) in [6, 6.07) is 5.61. The van der Waals surface area contributed by atoms with Crippen LogP contribution < -0.4 is 10.4 Å². The summed E-state index contributed by atoms with van der Waals surface area (Å²) in [4.78, 5) is 12.2. The summed E-state index contributed by atoms with van der Waals surface area (Å²) in [7, 11) is 0. The molecule has 0 saturated carbocycles. The molecule has 0 fully saturated rings. The number of aryl methyl sites for hydroxylation is 1. The average molecular weight is 286 g/mol. The number of rotatable bonds is 6. The van der Waals surface area contributed by atoms with Gasteiger partial charge >= 0.3 is 5.63 Å². The van der Waals surface area contributed by atoms with Crippen LogP contribution in [0.3, 0.4) is 0 Å². The zero-order valence-electron chi connectivity index (χ0n) is 12.9. The lowest BCUT2D eigenvalue weighted by atomic mass is 9.98. The van der Waals surface area contributed by atoms with Crippen molar-refractivity contribution >= 4 is 11.0 Å². The van der Waals surface area contributed by atoms with E-state index in [1.54, 1.807) is 12.1 Å². The normalized spacial score (nSPS) is 11.0. The Morgan fingerprint density at radius 2 is 2.14 bits per heavy atom. The van der Waals surface area contributed by atoms with Gasteiger partial charge in [-0.2, -0.15) is 0 Å². The van der Waals surface area contributed by atoms with E-state index in [0.29, 0.717) is 23.9 Å². The van der Waals surface area contributed by atoms with Crippen LogP contribution in [0.2, 0.25) is 0 Å². The fraction of sp³-hybridized carbons (Fsp3) is 0.389. The van der Waals surface area contributed by atoms with Crippen molar-refractivity contribution < 1.29 is 9.15 Å². The molecular weight excluding hydrogens is 264 g/mol. The van der Waals surface area contributed by atoms with Crippen LogP contribution in [0.5, 0.6) is 5.75 Å². The van der Waals surface area contributed by atoms with Crippen LogP contribution in [0, 0.1) is 12.8 Å². The Labute approximate surface area is 125 Å². The standard InChI is InChI=1S/C18H22O3/c1-5-10-20-14-7-9-15-13(4)16(8-6-12(2)3)18(19)21-17(15)11-14/h5,7,9,11-12H,1,6,8,10H2,2-4H3. The molecule has 2 rings (SSSR count). The molecule has 0 bridgehead atoms. The van der Waals surface area contributed by atoms with Gasteiger partial charge in [-0.1, -0.05) is 26.5 Å². The summed E-state index contributed by atoms with van der Waals surface area (Å²) in [5.41, 5.74) is 2.14. The fourth-order valence-electron chi connectivity index (χ4n) is 2.34. The van der Waals surface area contributed by atoms with Crippen molar-refractivity contribution in [3.8, 4) is 5.75 Å². The molecule has 0 aliphatic heterocycles. The zero-order valence-corrected chi connectivity index (χ0v) is 12.9. The highest BCUT2D eigenvalue weighted by Gasteiger charge is 2.12. The maximum atomic E-state index is 12.2. The Morgan fingerprint density at radius 3 is 2.81 bits per heavy atom. The maximum absolute atomic E-state index is 12.2. The molecular formula is C18H22O3. The van der Waals surface area contributed by atoms with Gasteiger partial charge in [0.1, 0.15) is 17.9 Å². The lowest BCUT2D eigenvalue weighted by Gasteiger charge is -2.10. The van der Waals surface area contributed by atoms with Crippen molar-refractivity contribution in [3.05, 3.63) is 52.4 Å². The van der Waals surface area contributed by atoms with E-state index in [4.69, 9.17) is 9.15 Å². The third-order valence-electron chi connectivity index (χ3n) is 3.60. The quantitative estimate of drug-likeness (QED) is 0.588. The number of hydrogen-bond donors (Lipinski definition) is 0. The van der Waals surface area contributed by atoms with Crippen molar-refractivity contribution in [2.75, 3.05) is 6.61 Å². The van der Waals surface area contributed by atoms with Crippen LogP contribution in [0.1, 0.15) is 31.4 Å². The van der Waals surface area contributed by atoms with Crippen LogP contribution in [0.25, 0.3) is 11.0 Å². The highest BCUT2D eigenvalue weighted by Crippen LogP contribution is 2.25. The summed E-state index contributed by atoms with van der Waals surface area (Å²) in [5.74, 6) is 1.24. The van der Waals surface area contributed by atoms with Gasteiger partial charge in [0, 0.05) is 17.0 Å². The van der Waals surface area contributed by atoms with Gasteiger partial charge in [0.15, 0.2) is 0 Å². The molecule has 3 nitrogen and oxygen atoms in total. The summed E-state index contributed by atoms with van der Waals surface area (Å²) >= 11 is 0. The predicted octanol–water partition coefficient (Wildman–Crippen LogP) is 4.25. The van der Waals surface area contributed by atoms with E-state index < -0.39 is 0 Å². The molecule has 21 heavy (non-hydrogen) atoms. The van der Waals surface area contributed by atoms with Crippen LogP contribution in [-0.2, 0) is 6.42 Å². The number of benzene rings is 1. The molecule has 0 aliphatic carbocycles. The van der Waals surface area contributed by atoms with E-state index in [0.717, 1.165) is 29.4 Å². The zero-order chi connectivity index (χ0) is 15.4. The Kier molecular flexibility index (Phi) is 4.84. The Hall–Kier alpha value is -2.03. The van der Waals surface area contributed by atoms with E-state index in [2.05, 4.69) is 20.4 Å². The number of fused-ring (bicyclic) bond motifs is 1. The van der Waals surface area contributed by atoms with Gasteiger partial charge < -0.3 is 9.15 Å². The van der Waals surface area contributed by atoms with Crippen molar-refractivity contribution in [2.45, 2.75) is 33.6 Å². The van der Waals surface area contributed by atoms with Crippen LogP contribution in [0.15, 0.2) is 40.1 Å². The summed E-state index contributed by atoms with van der Waals surface area (Å²) < 4.78 is 10.9. The van der Waals surface area contributed by atoms with Crippen LogP contribution in [-0.4, -0.2) is 6.61 Å². The van der Waals surface area contributed by atoms with Gasteiger partial charge in [0.25, 0.3) is 0 Å². The molecule has 112 valence electrons. The third kappa shape index (κ3) is 3.54. The Morgan fingerprint density at radius 1 is 1.38 bits per heavy atom. The van der Waals surface area contributed by atoms with Crippen LogP contribution in [0.4, 0.5) is 0 Å². The lowest BCUT2D eigenvalue weighted by Crippen LogP contribution is -2.11. The van der Waals surface area contributed by atoms with Gasteiger partial charge in [-0.15, -0.1) is 0 Å². The fourth-order valence-corrected chi connectivity index (χ4v) is 2.34. The summed E-state index contributed by atoms with van der Waals surface area (Å²) in [6.45, 7) is 10.3. The predicted molar refractivity (Wildman–Crippen MR) is 86.1 cm³/mol. The van der Waals surface area contributed by atoms with Gasteiger partial charge in [-0.3, -0.25) is 0 Å². The van der Waals surface area contributed by atoms with Crippen molar-refractivity contribution in [2.24, 2.45) is 5.92 Å². The third-order valence-corrected chi connectivity index (χ3v) is 3.60. The van der Waals surface area contributed by atoms with Gasteiger partial charge in [-0.05, 0) is 43.4 Å². The van der Waals surface area contributed by atoms with Crippen molar-refractivity contribution in [1.82, 2.24) is 0 Å². The highest BCUT2D eigenvalue weighted by atomic mass is 16.5. The van der Waals surface area contributed by atoms with Gasteiger partial charge in [-0.25, -0.2) is 4.79 Å². The SMILES string of the molecule is C=CCOc1ccc2c(C)c(CCC(C)C)c(=O)oc2c1. The molecule has 1 aromatic heterocycles. The second-order valence-electron chi connectivity index (χ2n) is 5.68. The molecule has 0 N–H and O–H groups in total. The first-order chi connectivity index (χ1) is 10.0. The Bertz CT molecular complexity index is 695. The minimum absolute atomic E-state index is 0.235. The molecule has 0 atom stereocenters. The summed E-state index contributed by atoms with van der Waals surface area (Å²) in [5, 5.41) is 0.972. The number of ether oxygens (including phenoxy) is 1. The molecule has 3 heteroatoms. The number of hydrogen-bond acceptors (Lipinski definition) is 3. The molecule has 0 saturated heterocycles. The van der Waals surface area contributed by atoms with E-state index in [1.165, 1.54) is 0 Å². The van der Waals surface area contributed by atoms with Crippen molar-refractivity contribution in [1.29, 1.82) is 0 Å². The minimum atomic E-state index is -0.235. The molecule has 1 heterocycles. The topological polar surface area (TPSA) is 39.4 Å². The molecule has 0 unspecified atom stereocenters. The van der Waals surface area contributed by atoms with Crippen LogP contribution >= 0.6 is 0 Å². The van der Waals surface area contributed by atoms with E-state index in [-0.39, 0.29) is 5.63 Å². The monoisotopic (exact) mass is 286 g/mol. The highest BCUT2D eigenvalue weighted by molar-refractivity contribution is 5.82. The second kappa shape index (κ2) is 6.61. The summed E-state index contributed by atoms with van der Waals surface area (Å²) in [6.07, 6.45) is 3.43. The smallest absolute Gasteiger partial charge is 0.339 e. The Balaban J connectivity index is 2.42. The average Bonchev–Trinajstić information content (AvgIpc) is 2.44. The first-order valence-corrected chi connectivity index (χ1v) is 7.33. The first-order valence-electron chi connectivity index (χ1n) is 7.33. The minimum Gasteiger partial charge on any atom is -0.489 e. The lowest BCUT2D eigenvalue weighted by molar-refractivity contribution is 0.363. The molecule has 0 aliphatic rings. The molecule has 0 radical (unpaired) electrons. The molecule has 0 amide bonds. The van der Waals surface area contributed by atoms with E-state index >= 15 is 0 Å². The van der Waals surface area contributed by atoms with Crippen molar-refractivity contribution in [3.63, 3.8) is 0 Å². The second-order valence-corrected chi connectivity index (χ2v) is 5.68. The van der Waals surface area contributed by atoms with Gasteiger partial charge in [0.2, 0.25) is 0 Å². The molecule has 2 aromatic rings.